The van der Waals surface area contributed by atoms with Crippen molar-refractivity contribution in [1.29, 1.82) is 0 Å². The van der Waals surface area contributed by atoms with E-state index >= 15 is 0 Å². The molecule has 3 nitrogen and oxygen atoms in total. The van der Waals surface area contributed by atoms with Crippen LogP contribution in [0.5, 0.6) is 11.5 Å². The first-order chi connectivity index (χ1) is 8.24. The number of ether oxygens (including phenoxy) is 1. The van der Waals surface area contributed by atoms with Crippen LogP contribution in [0.1, 0.15) is 25.7 Å². The molecule has 0 heterocycles. The lowest BCUT2D eigenvalue weighted by atomic mass is 9.89. The summed E-state index contributed by atoms with van der Waals surface area (Å²) >= 11 is 0. The third kappa shape index (κ3) is 1.94. The lowest BCUT2D eigenvalue weighted by Crippen LogP contribution is -2.18. The van der Waals surface area contributed by atoms with Gasteiger partial charge in [-0.1, -0.05) is 12.5 Å². The maximum absolute atomic E-state index is 9.49. The van der Waals surface area contributed by atoms with E-state index in [2.05, 4.69) is 0 Å². The quantitative estimate of drug-likeness (QED) is 0.623. The number of benzene rings is 1. The number of phenolic OH excluding ortho intramolecular Hbond substituents is 1. The van der Waals surface area contributed by atoms with E-state index < -0.39 is 0 Å². The van der Waals surface area contributed by atoms with Gasteiger partial charge in [0.05, 0.1) is 6.61 Å². The molecule has 2 fully saturated rings. The van der Waals surface area contributed by atoms with Gasteiger partial charge in [-0.2, -0.15) is 0 Å². The Morgan fingerprint density at radius 2 is 2.18 bits per heavy atom. The van der Waals surface area contributed by atoms with Crippen molar-refractivity contribution in [3.05, 3.63) is 18.2 Å². The second-order valence-electron chi connectivity index (χ2n) is 5.43. The van der Waals surface area contributed by atoms with Gasteiger partial charge in [0.25, 0.3) is 0 Å². The first kappa shape index (κ1) is 10.8. The highest BCUT2D eigenvalue weighted by atomic mass is 16.5. The van der Waals surface area contributed by atoms with E-state index in [0.717, 1.165) is 18.4 Å². The molecule has 2 aliphatic rings. The van der Waals surface area contributed by atoms with E-state index in [9.17, 15) is 5.11 Å². The summed E-state index contributed by atoms with van der Waals surface area (Å²) in [6.07, 6.45) is 5.48. The van der Waals surface area contributed by atoms with Gasteiger partial charge in [0.15, 0.2) is 0 Å². The van der Waals surface area contributed by atoms with Gasteiger partial charge in [0.2, 0.25) is 0 Å². The number of phenols is 1. The molecule has 0 spiro atoms. The number of nitrogen functional groups attached to an aromatic ring is 1. The number of aromatic hydroxyl groups is 1. The minimum Gasteiger partial charge on any atom is -0.506 e. The van der Waals surface area contributed by atoms with Crippen molar-refractivity contribution in [1.82, 2.24) is 0 Å². The van der Waals surface area contributed by atoms with E-state index in [4.69, 9.17) is 10.5 Å². The molecule has 2 saturated carbocycles. The van der Waals surface area contributed by atoms with Crippen LogP contribution in [0.3, 0.4) is 0 Å². The molecule has 2 aliphatic carbocycles. The van der Waals surface area contributed by atoms with E-state index in [1.165, 1.54) is 25.7 Å². The Morgan fingerprint density at radius 1 is 1.29 bits per heavy atom. The van der Waals surface area contributed by atoms with Crippen molar-refractivity contribution in [3.63, 3.8) is 0 Å². The van der Waals surface area contributed by atoms with Crippen molar-refractivity contribution in [2.45, 2.75) is 25.7 Å². The first-order valence-electron chi connectivity index (χ1n) is 6.44. The van der Waals surface area contributed by atoms with Crippen LogP contribution in [0.2, 0.25) is 0 Å². The summed E-state index contributed by atoms with van der Waals surface area (Å²) in [5.41, 5.74) is 6.13. The molecule has 0 aliphatic heterocycles. The zero-order valence-electron chi connectivity index (χ0n) is 9.93. The van der Waals surface area contributed by atoms with Crippen molar-refractivity contribution in [2.24, 2.45) is 17.8 Å². The summed E-state index contributed by atoms with van der Waals surface area (Å²) in [6, 6.07) is 5.17. The van der Waals surface area contributed by atoms with Crippen molar-refractivity contribution in [2.75, 3.05) is 12.3 Å². The zero-order valence-corrected chi connectivity index (χ0v) is 9.93. The van der Waals surface area contributed by atoms with Gasteiger partial charge in [0, 0.05) is 0 Å². The third-order valence-corrected chi connectivity index (χ3v) is 4.38. The summed E-state index contributed by atoms with van der Waals surface area (Å²) < 4.78 is 5.77. The SMILES string of the molecule is Nc1c(O)cccc1OCC1CC2CCC1C2. The largest absolute Gasteiger partial charge is 0.506 e. The molecule has 0 saturated heterocycles. The predicted molar refractivity (Wildman–Crippen MR) is 67.0 cm³/mol. The number of para-hydroxylation sites is 1. The van der Waals surface area contributed by atoms with Crippen LogP contribution in [0.25, 0.3) is 0 Å². The number of hydrogen-bond donors (Lipinski definition) is 2. The topological polar surface area (TPSA) is 55.5 Å². The number of fused-ring (bicyclic) bond motifs is 2. The van der Waals surface area contributed by atoms with Gasteiger partial charge in [-0.05, 0) is 49.1 Å². The summed E-state index contributed by atoms with van der Waals surface area (Å²) in [5, 5.41) is 9.49. The average Bonchev–Trinajstić information content (AvgIpc) is 2.93. The Bertz CT molecular complexity index is 419. The first-order valence-corrected chi connectivity index (χ1v) is 6.44. The normalized spacial score (nSPS) is 30.7. The zero-order chi connectivity index (χ0) is 11.8. The molecule has 2 bridgehead atoms. The van der Waals surface area contributed by atoms with E-state index in [1.807, 2.05) is 6.07 Å². The highest BCUT2D eigenvalue weighted by Gasteiger charge is 2.39. The second-order valence-corrected chi connectivity index (χ2v) is 5.43. The smallest absolute Gasteiger partial charge is 0.146 e. The number of hydrogen-bond acceptors (Lipinski definition) is 3. The molecule has 0 aromatic heterocycles. The molecule has 3 atom stereocenters. The van der Waals surface area contributed by atoms with Crippen molar-refractivity contribution < 1.29 is 9.84 Å². The molecule has 3 N–H and O–H groups in total. The molecule has 0 radical (unpaired) electrons. The third-order valence-electron chi connectivity index (χ3n) is 4.38. The summed E-state index contributed by atoms with van der Waals surface area (Å²) in [4.78, 5) is 0. The minimum absolute atomic E-state index is 0.107. The second kappa shape index (κ2) is 4.13. The molecule has 1 aromatic rings. The van der Waals surface area contributed by atoms with Gasteiger partial charge in [-0.3, -0.25) is 0 Å². The van der Waals surface area contributed by atoms with E-state index in [-0.39, 0.29) is 5.75 Å². The Kier molecular flexibility index (Phi) is 2.61. The Morgan fingerprint density at radius 3 is 2.88 bits per heavy atom. The maximum atomic E-state index is 9.49. The van der Waals surface area contributed by atoms with Gasteiger partial charge >= 0.3 is 0 Å². The highest BCUT2D eigenvalue weighted by molar-refractivity contribution is 5.61. The number of anilines is 1. The van der Waals surface area contributed by atoms with Gasteiger partial charge < -0.3 is 15.6 Å². The maximum Gasteiger partial charge on any atom is 0.146 e. The van der Waals surface area contributed by atoms with Crippen LogP contribution in [0, 0.1) is 17.8 Å². The summed E-state index contributed by atoms with van der Waals surface area (Å²) in [6.45, 7) is 0.745. The van der Waals surface area contributed by atoms with E-state index in [1.54, 1.807) is 12.1 Å². The summed E-state index contributed by atoms with van der Waals surface area (Å²) in [7, 11) is 0. The Hall–Kier alpha value is -1.38. The van der Waals surface area contributed by atoms with Gasteiger partial charge in [-0.25, -0.2) is 0 Å². The summed E-state index contributed by atoms with van der Waals surface area (Å²) in [5.74, 6) is 3.22. The fourth-order valence-corrected chi connectivity index (χ4v) is 3.44. The standard InChI is InChI=1S/C14H19NO2/c15-14-12(16)2-1-3-13(14)17-8-11-7-9-4-5-10(11)6-9/h1-3,9-11,16H,4-8,15H2. The lowest BCUT2D eigenvalue weighted by Gasteiger charge is -2.22. The number of rotatable bonds is 3. The molecule has 1 aromatic carbocycles. The van der Waals surface area contributed by atoms with Gasteiger partial charge in [0.1, 0.15) is 17.2 Å². The molecule has 3 unspecified atom stereocenters. The fraction of sp³-hybridized carbons (Fsp3) is 0.571. The van der Waals surface area contributed by atoms with Crippen LogP contribution >= 0.6 is 0 Å². The van der Waals surface area contributed by atoms with Crippen LogP contribution in [-0.2, 0) is 0 Å². The Balaban J connectivity index is 1.62. The number of nitrogens with two attached hydrogens (primary N) is 1. The molecule has 3 heteroatoms. The van der Waals surface area contributed by atoms with Crippen LogP contribution in [0.4, 0.5) is 5.69 Å². The Labute approximate surface area is 102 Å². The average molecular weight is 233 g/mol. The molecular formula is C14H19NO2. The van der Waals surface area contributed by atoms with Gasteiger partial charge in [-0.15, -0.1) is 0 Å². The monoisotopic (exact) mass is 233 g/mol. The lowest BCUT2D eigenvalue weighted by molar-refractivity contribution is 0.195. The highest BCUT2D eigenvalue weighted by Crippen LogP contribution is 2.48. The molecule has 3 rings (SSSR count). The fourth-order valence-electron chi connectivity index (χ4n) is 3.44. The van der Waals surface area contributed by atoms with Crippen LogP contribution in [0.15, 0.2) is 18.2 Å². The van der Waals surface area contributed by atoms with Crippen LogP contribution in [-0.4, -0.2) is 11.7 Å². The van der Waals surface area contributed by atoms with E-state index in [0.29, 0.717) is 17.4 Å². The van der Waals surface area contributed by atoms with Crippen molar-refractivity contribution >= 4 is 5.69 Å². The minimum atomic E-state index is 0.107. The molecular weight excluding hydrogens is 214 g/mol. The van der Waals surface area contributed by atoms with Crippen LogP contribution < -0.4 is 10.5 Å². The molecule has 92 valence electrons. The predicted octanol–water partition coefficient (Wildman–Crippen LogP) is 2.79. The molecule has 17 heavy (non-hydrogen) atoms. The van der Waals surface area contributed by atoms with Crippen molar-refractivity contribution in [3.8, 4) is 11.5 Å². The molecule has 0 amide bonds.